The molecule has 2 aromatic heterocycles. The second-order valence-corrected chi connectivity index (χ2v) is 8.32. The van der Waals surface area contributed by atoms with Crippen LogP contribution in [0.5, 0.6) is 0 Å². The average molecular weight is 477 g/mol. The first-order valence-corrected chi connectivity index (χ1v) is 10.8. The fraction of sp³-hybridized carbons (Fsp3) is 0.409. The molecule has 34 heavy (non-hydrogen) atoms. The molecule has 1 N–H and O–H groups in total. The van der Waals surface area contributed by atoms with Crippen LogP contribution < -0.4 is 5.32 Å². The number of rotatable bonds is 5. The molecule has 0 aliphatic carbocycles. The first-order chi connectivity index (χ1) is 16.1. The Labute approximate surface area is 193 Å². The summed E-state index contributed by atoms with van der Waals surface area (Å²) in [5.41, 5.74) is -0.257. The minimum Gasteiger partial charge on any atom is -0.352 e. The number of halogens is 4. The van der Waals surface area contributed by atoms with Gasteiger partial charge in [-0.15, -0.1) is 4.80 Å². The SMILES string of the molecule is Cc1cc(F)c(-n2nccn2)c(C(=O)N2CCC[C@@H](C)C2CNc2ncc(C(F)(F)F)cn2)c1. The molecule has 0 bridgehead atoms. The molecule has 0 saturated carbocycles. The van der Waals surface area contributed by atoms with Gasteiger partial charge in [-0.1, -0.05) is 6.92 Å². The monoisotopic (exact) mass is 477 g/mol. The Morgan fingerprint density at radius 3 is 2.50 bits per heavy atom. The lowest BCUT2D eigenvalue weighted by atomic mass is 9.89. The molecular formula is C22H23F4N7O. The number of alkyl halides is 3. The molecule has 2 atom stereocenters. The summed E-state index contributed by atoms with van der Waals surface area (Å²) in [6.07, 6.45) is 1.32. The third-order valence-electron chi connectivity index (χ3n) is 5.88. The van der Waals surface area contributed by atoms with E-state index in [2.05, 4.69) is 25.5 Å². The van der Waals surface area contributed by atoms with Crippen LogP contribution >= 0.6 is 0 Å². The first-order valence-electron chi connectivity index (χ1n) is 10.8. The van der Waals surface area contributed by atoms with Gasteiger partial charge in [0.2, 0.25) is 5.95 Å². The molecule has 4 rings (SSSR count). The molecule has 1 aromatic carbocycles. The standard InChI is InChI=1S/C22H23F4N7O/c1-13-8-16(19(17(23)9-13)33-30-5-6-31-33)20(34)32-7-3-4-14(2)18(32)12-29-21-27-10-15(11-28-21)22(24,25)26/h5-6,8-11,14,18H,3-4,7,12H2,1-2H3,(H,27,28,29)/t14-,18?/m1/s1. The number of nitrogens with zero attached hydrogens (tertiary/aromatic N) is 6. The summed E-state index contributed by atoms with van der Waals surface area (Å²) in [5, 5.41) is 10.9. The van der Waals surface area contributed by atoms with Gasteiger partial charge in [0.05, 0.1) is 29.6 Å². The average Bonchev–Trinajstić information content (AvgIpc) is 3.31. The zero-order valence-electron chi connectivity index (χ0n) is 18.6. The van der Waals surface area contributed by atoms with E-state index in [0.717, 1.165) is 17.6 Å². The van der Waals surface area contributed by atoms with Crippen LogP contribution in [-0.2, 0) is 6.18 Å². The summed E-state index contributed by atoms with van der Waals surface area (Å²) >= 11 is 0. The first kappa shape index (κ1) is 23.6. The van der Waals surface area contributed by atoms with E-state index in [1.165, 1.54) is 18.5 Å². The Bertz CT molecular complexity index is 1150. The van der Waals surface area contributed by atoms with Gasteiger partial charge in [-0.05, 0) is 43.4 Å². The lowest BCUT2D eigenvalue weighted by Crippen LogP contribution is -2.51. The lowest BCUT2D eigenvalue weighted by Gasteiger charge is -2.40. The Morgan fingerprint density at radius 2 is 1.85 bits per heavy atom. The minimum atomic E-state index is -4.52. The molecule has 1 aliphatic rings. The summed E-state index contributed by atoms with van der Waals surface area (Å²) in [6, 6.07) is 2.61. The molecule has 8 nitrogen and oxygen atoms in total. The van der Waals surface area contributed by atoms with E-state index < -0.39 is 17.6 Å². The number of hydrogen-bond acceptors (Lipinski definition) is 6. The molecule has 3 aromatic rings. The van der Waals surface area contributed by atoms with Gasteiger partial charge in [-0.3, -0.25) is 4.79 Å². The molecule has 0 spiro atoms. The third-order valence-corrected chi connectivity index (χ3v) is 5.88. The smallest absolute Gasteiger partial charge is 0.352 e. The predicted molar refractivity (Wildman–Crippen MR) is 115 cm³/mol. The Morgan fingerprint density at radius 1 is 1.18 bits per heavy atom. The van der Waals surface area contributed by atoms with Gasteiger partial charge >= 0.3 is 6.18 Å². The number of aryl methyl sites for hydroxylation is 1. The van der Waals surface area contributed by atoms with Crippen LogP contribution in [-0.4, -0.2) is 54.9 Å². The van der Waals surface area contributed by atoms with Crippen LogP contribution in [0, 0.1) is 18.7 Å². The van der Waals surface area contributed by atoms with Crippen molar-refractivity contribution in [3.8, 4) is 5.69 Å². The van der Waals surface area contributed by atoms with Gasteiger partial charge in [0.15, 0.2) is 5.82 Å². The van der Waals surface area contributed by atoms with Gasteiger partial charge in [0, 0.05) is 25.5 Å². The quantitative estimate of drug-likeness (QED) is 0.562. The molecule has 1 amide bonds. The van der Waals surface area contributed by atoms with Crippen LogP contribution in [0.3, 0.4) is 0 Å². The summed E-state index contributed by atoms with van der Waals surface area (Å²) < 4.78 is 53.2. The fourth-order valence-electron chi connectivity index (χ4n) is 4.16. The van der Waals surface area contributed by atoms with E-state index in [0.29, 0.717) is 24.5 Å². The second kappa shape index (κ2) is 9.35. The molecule has 180 valence electrons. The van der Waals surface area contributed by atoms with E-state index in [1.54, 1.807) is 17.9 Å². The molecular weight excluding hydrogens is 454 g/mol. The number of aromatic nitrogens is 5. The summed E-state index contributed by atoms with van der Waals surface area (Å²) in [5.74, 6) is -0.874. The van der Waals surface area contributed by atoms with Crippen molar-refractivity contribution in [1.29, 1.82) is 0 Å². The largest absolute Gasteiger partial charge is 0.419 e. The Hall–Kier alpha value is -3.57. The number of benzene rings is 1. The molecule has 1 fully saturated rings. The normalized spacial score (nSPS) is 18.7. The van der Waals surface area contributed by atoms with Crippen molar-refractivity contribution in [1.82, 2.24) is 29.9 Å². The van der Waals surface area contributed by atoms with Crippen LogP contribution in [0.1, 0.15) is 41.3 Å². The van der Waals surface area contributed by atoms with Crippen molar-refractivity contribution in [2.24, 2.45) is 5.92 Å². The van der Waals surface area contributed by atoms with E-state index in [1.807, 2.05) is 6.92 Å². The number of carbonyl (C=O) groups is 1. The van der Waals surface area contributed by atoms with Crippen molar-refractivity contribution in [3.05, 3.63) is 59.4 Å². The number of hydrogen-bond donors (Lipinski definition) is 1. The van der Waals surface area contributed by atoms with Crippen LogP contribution in [0.25, 0.3) is 5.69 Å². The maximum atomic E-state index is 14.9. The lowest BCUT2D eigenvalue weighted by molar-refractivity contribution is -0.138. The number of nitrogens with one attached hydrogen (secondary N) is 1. The Kier molecular flexibility index (Phi) is 6.49. The molecule has 0 radical (unpaired) electrons. The van der Waals surface area contributed by atoms with E-state index in [9.17, 15) is 22.4 Å². The second-order valence-electron chi connectivity index (χ2n) is 8.32. The van der Waals surface area contributed by atoms with Gasteiger partial charge < -0.3 is 10.2 Å². The maximum Gasteiger partial charge on any atom is 0.419 e. The molecule has 1 unspecified atom stereocenters. The predicted octanol–water partition coefficient (Wildman–Crippen LogP) is 3.88. The minimum absolute atomic E-state index is 0.0289. The number of amides is 1. The molecule has 3 heterocycles. The zero-order chi connectivity index (χ0) is 24.5. The highest BCUT2D eigenvalue weighted by atomic mass is 19.4. The Balaban J connectivity index is 1.59. The topological polar surface area (TPSA) is 88.8 Å². The van der Waals surface area contributed by atoms with E-state index >= 15 is 0 Å². The van der Waals surface area contributed by atoms with Gasteiger partial charge in [0.25, 0.3) is 5.91 Å². The summed E-state index contributed by atoms with van der Waals surface area (Å²) in [7, 11) is 0. The van der Waals surface area contributed by atoms with E-state index in [-0.39, 0.29) is 41.6 Å². The van der Waals surface area contributed by atoms with Crippen LogP contribution in [0.4, 0.5) is 23.5 Å². The van der Waals surface area contributed by atoms with Crippen molar-refractivity contribution >= 4 is 11.9 Å². The summed E-state index contributed by atoms with van der Waals surface area (Å²) in [4.78, 5) is 23.9. The number of carbonyl (C=O) groups excluding carboxylic acids is 1. The molecule has 12 heteroatoms. The van der Waals surface area contributed by atoms with Gasteiger partial charge in [-0.25, -0.2) is 14.4 Å². The third kappa shape index (κ3) is 4.85. The zero-order valence-corrected chi connectivity index (χ0v) is 18.6. The van der Waals surface area contributed by atoms with E-state index in [4.69, 9.17) is 0 Å². The van der Waals surface area contributed by atoms with Gasteiger partial charge in [-0.2, -0.15) is 23.4 Å². The van der Waals surface area contributed by atoms with Crippen molar-refractivity contribution in [2.45, 2.75) is 38.9 Å². The summed E-state index contributed by atoms with van der Waals surface area (Å²) in [6.45, 7) is 4.36. The molecule has 1 aliphatic heterocycles. The highest BCUT2D eigenvalue weighted by Crippen LogP contribution is 2.30. The van der Waals surface area contributed by atoms with Gasteiger partial charge in [0.1, 0.15) is 5.69 Å². The van der Waals surface area contributed by atoms with Crippen molar-refractivity contribution in [2.75, 3.05) is 18.4 Å². The maximum absolute atomic E-state index is 14.9. The van der Waals surface area contributed by atoms with Crippen LogP contribution in [0.2, 0.25) is 0 Å². The number of likely N-dealkylation sites (tertiary alicyclic amines) is 1. The highest BCUT2D eigenvalue weighted by Gasteiger charge is 2.35. The molecule has 1 saturated heterocycles. The van der Waals surface area contributed by atoms with Crippen molar-refractivity contribution < 1.29 is 22.4 Å². The highest BCUT2D eigenvalue weighted by molar-refractivity contribution is 5.98. The van der Waals surface area contributed by atoms with Crippen LogP contribution in [0.15, 0.2) is 36.9 Å². The number of anilines is 1. The number of piperidine rings is 1. The van der Waals surface area contributed by atoms with Crippen molar-refractivity contribution in [3.63, 3.8) is 0 Å². The fourth-order valence-corrected chi connectivity index (χ4v) is 4.16.